The molecule has 4 heteroatoms. The van der Waals surface area contributed by atoms with Crippen LogP contribution in [0.3, 0.4) is 0 Å². The quantitative estimate of drug-likeness (QED) is 0.766. The average Bonchev–Trinajstić information content (AvgIpc) is 2.54. The highest BCUT2D eigenvalue weighted by Gasteiger charge is 2.16. The number of hydrogen-bond donors (Lipinski definition) is 0. The molecule has 0 aliphatic rings. The van der Waals surface area contributed by atoms with Gasteiger partial charge in [-0.05, 0) is 30.2 Å². The molecule has 0 N–H and O–H groups in total. The zero-order valence-electron chi connectivity index (χ0n) is 13.7. The summed E-state index contributed by atoms with van der Waals surface area (Å²) in [6.07, 6.45) is 1.91. The van der Waals surface area contributed by atoms with Crippen molar-refractivity contribution in [2.75, 3.05) is 0 Å². The molecule has 0 aliphatic carbocycles. The Morgan fingerprint density at radius 2 is 1.87 bits per heavy atom. The topological polar surface area (TPSA) is 56.3 Å². The molecular formula is C19H21NO3. The lowest BCUT2D eigenvalue weighted by Gasteiger charge is -2.11. The van der Waals surface area contributed by atoms with E-state index < -0.39 is 5.97 Å². The van der Waals surface area contributed by atoms with Gasteiger partial charge in [0.2, 0.25) is 0 Å². The molecule has 0 bridgehead atoms. The summed E-state index contributed by atoms with van der Waals surface area (Å²) < 4.78 is 5.36. The molecule has 4 nitrogen and oxygen atoms in total. The zero-order valence-corrected chi connectivity index (χ0v) is 13.7. The first-order valence-electron chi connectivity index (χ1n) is 7.67. The Labute approximate surface area is 136 Å². The third-order valence-corrected chi connectivity index (χ3v) is 3.70. The second-order valence-corrected chi connectivity index (χ2v) is 5.80. The van der Waals surface area contributed by atoms with E-state index in [1.165, 1.54) is 0 Å². The van der Waals surface area contributed by atoms with Gasteiger partial charge in [-0.15, -0.1) is 0 Å². The molecule has 0 unspecified atom stereocenters. The van der Waals surface area contributed by atoms with E-state index in [9.17, 15) is 9.59 Å². The first kappa shape index (κ1) is 16.9. The molecular weight excluding hydrogens is 290 g/mol. The van der Waals surface area contributed by atoms with Crippen LogP contribution in [-0.4, -0.2) is 16.7 Å². The summed E-state index contributed by atoms with van der Waals surface area (Å²) in [5.41, 5.74) is 2.85. The van der Waals surface area contributed by atoms with Crippen molar-refractivity contribution in [2.45, 2.75) is 33.8 Å². The molecule has 2 rings (SSSR count). The number of carbonyl (C=O) groups is 2. The molecule has 0 aliphatic heterocycles. The number of aromatic nitrogens is 1. The summed E-state index contributed by atoms with van der Waals surface area (Å²) in [6, 6.07) is 10.8. The average molecular weight is 311 g/mol. The Morgan fingerprint density at radius 1 is 1.13 bits per heavy atom. The van der Waals surface area contributed by atoms with Gasteiger partial charge in [0.1, 0.15) is 12.4 Å². The van der Waals surface area contributed by atoms with Crippen LogP contribution in [0.5, 0.6) is 0 Å². The van der Waals surface area contributed by atoms with Gasteiger partial charge in [0.25, 0.3) is 0 Å². The first-order chi connectivity index (χ1) is 11.0. The van der Waals surface area contributed by atoms with Crippen molar-refractivity contribution < 1.29 is 14.3 Å². The maximum absolute atomic E-state index is 12.3. The number of hydrogen-bond acceptors (Lipinski definition) is 4. The molecule has 1 aromatic carbocycles. The summed E-state index contributed by atoms with van der Waals surface area (Å²) in [6.45, 7) is 5.75. The smallest absolute Gasteiger partial charge is 0.338 e. The molecule has 0 saturated heterocycles. The predicted molar refractivity (Wildman–Crippen MR) is 88.1 cm³/mol. The lowest BCUT2D eigenvalue weighted by atomic mass is 9.97. The molecule has 1 heterocycles. The highest BCUT2D eigenvalue weighted by atomic mass is 16.5. The van der Waals surface area contributed by atoms with E-state index in [0.29, 0.717) is 11.1 Å². The number of nitrogens with zero attached hydrogens (tertiary/aromatic N) is 1. The minimum absolute atomic E-state index is 0.0600. The molecule has 0 spiro atoms. The highest BCUT2D eigenvalue weighted by Crippen LogP contribution is 2.15. The number of Topliss-reactive ketones (excluding diaryl/α,β-unsaturated/α-hetero) is 1. The molecule has 2 aromatic rings. The maximum Gasteiger partial charge on any atom is 0.338 e. The van der Waals surface area contributed by atoms with Crippen molar-refractivity contribution in [2.24, 2.45) is 5.92 Å². The molecule has 0 saturated carbocycles. The van der Waals surface area contributed by atoms with Crippen LogP contribution in [0, 0.1) is 12.8 Å². The van der Waals surface area contributed by atoms with E-state index in [-0.39, 0.29) is 24.7 Å². The fourth-order valence-corrected chi connectivity index (χ4v) is 2.15. The minimum Gasteiger partial charge on any atom is -0.456 e. The number of ketones is 1. The zero-order chi connectivity index (χ0) is 16.8. The Morgan fingerprint density at radius 3 is 2.57 bits per heavy atom. The van der Waals surface area contributed by atoms with Gasteiger partial charge >= 0.3 is 5.97 Å². The molecule has 23 heavy (non-hydrogen) atoms. The Kier molecular flexibility index (Phi) is 5.63. The van der Waals surface area contributed by atoms with E-state index in [2.05, 4.69) is 4.98 Å². The highest BCUT2D eigenvalue weighted by molar-refractivity contribution is 5.93. The predicted octanol–water partition coefficient (Wildman–Crippen LogP) is 3.51. The van der Waals surface area contributed by atoms with Crippen LogP contribution in [-0.2, 0) is 22.6 Å². The van der Waals surface area contributed by atoms with E-state index in [1.54, 1.807) is 24.4 Å². The van der Waals surface area contributed by atoms with Crippen LogP contribution in [0.2, 0.25) is 0 Å². The third kappa shape index (κ3) is 4.49. The molecule has 0 amide bonds. The molecule has 0 radical (unpaired) electrons. The molecule has 0 atom stereocenters. The van der Waals surface area contributed by atoms with E-state index in [4.69, 9.17) is 4.74 Å². The van der Waals surface area contributed by atoms with Gasteiger partial charge in [0.05, 0.1) is 11.3 Å². The van der Waals surface area contributed by atoms with Gasteiger partial charge in [-0.3, -0.25) is 9.78 Å². The number of aryl methyl sites for hydroxylation is 1. The monoisotopic (exact) mass is 311 g/mol. The second-order valence-electron chi connectivity index (χ2n) is 5.80. The van der Waals surface area contributed by atoms with E-state index in [1.807, 2.05) is 39.0 Å². The largest absolute Gasteiger partial charge is 0.456 e. The Hall–Kier alpha value is -2.49. The summed E-state index contributed by atoms with van der Waals surface area (Å²) in [5, 5.41) is 0. The Bertz CT molecular complexity index is 707. The van der Waals surface area contributed by atoms with Crippen LogP contribution in [0.4, 0.5) is 0 Å². The van der Waals surface area contributed by atoms with Crippen LogP contribution in [0.1, 0.15) is 41.0 Å². The minimum atomic E-state index is -0.429. The van der Waals surface area contributed by atoms with Crippen LogP contribution in [0.25, 0.3) is 0 Å². The van der Waals surface area contributed by atoms with Crippen molar-refractivity contribution in [3.8, 4) is 0 Å². The van der Waals surface area contributed by atoms with Crippen molar-refractivity contribution in [3.63, 3.8) is 0 Å². The SMILES string of the molecule is Cc1cccnc1COC(=O)c1ccccc1CC(=O)C(C)C. The summed E-state index contributed by atoms with van der Waals surface area (Å²) >= 11 is 0. The summed E-state index contributed by atoms with van der Waals surface area (Å²) in [5.74, 6) is -0.386. The molecule has 120 valence electrons. The number of benzene rings is 1. The van der Waals surface area contributed by atoms with Crippen molar-refractivity contribution in [1.82, 2.24) is 4.98 Å². The summed E-state index contributed by atoms with van der Waals surface area (Å²) in [4.78, 5) is 28.5. The van der Waals surface area contributed by atoms with Crippen LogP contribution >= 0.6 is 0 Å². The van der Waals surface area contributed by atoms with Crippen molar-refractivity contribution in [3.05, 3.63) is 65.0 Å². The van der Waals surface area contributed by atoms with Crippen LogP contribution < -0.4 is 0 Å². The number of pyridine rings is 1. The van der Waals surface area contributed by atoms with E-state index >= 15 is 0 Å². The lowest BCUT2D eigenvalue weighted by molar-refractivity contribution is -0.121. The van der Waals surface area contributed by atoms with Gasteiger partial charge in [0.15, 0.2) is 0 Å². The number of carbonyl (C=O) groups excluding carboxylic acids is 2. The lowest BCUT2D eigenvalue weighted by Crippen LogP contribution is -2.15. The standard InChI is InChI=1S/C19H21NO3/c1-13(2)18(21)11-15-8-4-5-9-16(15)19(22)23-12-17-14(3)7-6-10-20-17/h4-10,13H,11-12H2,1-3H3. The number of ether oxygens (including phenoxy) is 1. The Balaban J connectivity index is 2.10. The fourth-order valence-electron chi connectivity index (χ4n) is 2.15. The number of rotatable bonds is 6. The molecule has 1 aromatic heterocycles. The maximum atomic E-state index is 12.3. The van der Waals surface area contributed by atoms with Crippen molar-refractivity contribution in [1.29, 1.82) is 0 Å². The van der Waals surface area contributed by atoms with Crippen molar-refractivity contribution >= 4 is 11.8 Å². The van der Waals surface area contributed by atoms with Gasteiger partial charge in [-0.2, -0.15) is 0 Å². The second kappa shape index (κ2) is 7.68. The van der Waals surface area contributed by atoms with Gasteiger partial charge in [0, 0.05) is 18.5 Å². The first-order valence-corrected chi connectivity index (χ1v) is 7.67. The van der Waals surface area contributed by atoms with Crippen LogP contribution in [0.15, 0.2) is 42.6 Å². The molecule has 0 fully saturated rings. The fraction of sp³-hybridized carbons (Fsp3) is 0.316. The number of esters is 1. The summed E-state index contributed by atoms with van der Waals surface area (Å²) in [7, 11) is 0. The third-order valence-electron chi connectivity index (χ3n) is 3.70. The normalized spacial score (nSPS) is 10.6. The van der Waals surface area contributed by atoms with Gasteiger partial charge < -0.3 is 4.74 Å². The van der Waals surface area contributed by atoms with Gasteiger partial charge in [-0.25, -0.2) is 4.79 Å². The van der Waals surface area contributed by atoms with Gasteiger partial charge in [-0.1, -0.05) is 38.1 Å². The van der Waals surface area contributed by atoms with E-state index in [0.717, 1.165) is 11.3 Å².